The summed E-state index contributed by atoms with van der Waals surface area (Å²) in [6, 6.07) is 7.88. The molecule has 1 fully saturated rings. The number of aromatic nitrogens is 3. The Hall–Kier alpha value is -3.62. The largest absolute Gasteiger partial charge is 0.507 e. The average molecular weight is 438 g/mol. The molecule has 32 heavy (non-hydrogen) atoms. The molecule has 0 saturated heterocycles. The van der Waals surface area contributed by atoms with Gasteiger partial charge in [-0.15, -0.1) is 0 Å². The van der Waals surface area contributed by atoms with Gasteiger partial charge in [-0.2, -0.15) is 9.78 Å². The highest BCUT2D eigenvalue weighted by atomic mass is 16.5. The Kier molecular flexibility index (Phi) is 6.25. The molecular weight excluding hydrogens is 410 g/mol. The van der Waals surface area contributed by atoms with Gasteiger partial charge in [0, 0.05) is 35.3 Å². The zero-order valence-corrected chi connectivity index (χ0v) is 18.2. The molecule has 0 spiro atoms. The molecule has 1 atom stereocenters. The zero-order chi connectivity index (χ0) is 22.7. The topological polar surface area (TPSA) is 122 Å². The third kappa shape index (κ3) is 4.51. The highest BCUT2D eigenvalue weighted by Crippen LogP contribution is 2.38. The second-order valence-corrected chi connectivity index (χ2v) is 8.17. The van der Waals surface area contributed by atoms with Gasteiger partial charge in [-0.1, -0.05) is 24.9 Å². The fourth-order valence-corrected chi connectivity index (χ4v) is 3.93. The Bertz CT molecular complexity index is 1100. The van der Waals surface area contributed by atoms with E-state index in [1.807, 2.05) is 19.9 Å². The van der Waals surface area contributed by atoms with Crippen LogP contribution in [0.4, 0.5) is 10.5 Å². The predicted octanol–water partition coefficient (Wildman–Crippen LogP) is 4.51. The first-order chi connectivity index (χ1) is 15.5. The molecule has 4 rings (SSSR count). The number of phenols is 1. The van der Waals surface area contributed by atoms with Gasteiger partial charge in [-0.05, 0) is 44.4 Å². The predicted molar refractivity (Wildman–Crippen MR) is 119 cm³/mol. The van der Waals surface area contributed by atoms with Crippen molar-refractivity contribution in [2.75, 3.05) is 5.32 Å². The fraction of sp³-hybridized carbons (Fsp3) is 0.391. The van der Waals surface area contributed by atoms with Gasteiger partial charge in [0.05, 0.1) is 17.6 Å². The first kappa shape index (κ1) is 21.6. The summed E-state index contributed by atoms with van der Waals surface area (Å²) in [7, 11) is 0. The van der Waals surface area contributed by atoms with E-state index in [0.717, 1.165) is 37.8 Å². The standard InChI is InChI=1S/C23H27N5O4/c1-3-14(2)25-23(31)28-19(15-6-4-5-7-15)13-18(27-28)17-9-8-16(12-20(17)29)26-22(30)21-10-11-24-32-21/h8-15,29H,3-7H2,1-2H3,(H,25,31)(H,26,30). The maximum atomic E-state index is 12.9. The van der Waals surface area contributed by atoms with Gasteiger partial charge in [0.25, 0.3) is 5.91 Å². The second-order valence-electron chi connectivity index (χ2n) is 8.17. The summed E-state index contributed by atoms with van der Waals surface area (Å²) in [5, 5.41) is 24.3. The van der Waals surface area contributed by atoms with Crippen LogP contribution >= 0.6 is 0 Å². The maximum absolute atomic E-state index is 12.9. The number of nitrogens with one attached hydrogen (secondary N) is 2. The Balaban J connectivity index is 1.61. The molecule has 2 heterocycles. The monoisotopic (exact) mass is 437 g/mol. The molecule has 1 saturated carbocycles. The van der Waals surface area contributed by atoms with E-state index in [2.05, 4.69) is 20.9 Å². The fourth-order valence-electron chi connectivity index (χ4n) is 3.93. The Labute approximate surface area is 185 Å². The van der Waals surface area contributed by atoms with Gasteiger partial charge in [0.15, 0.2) is 0 Å². The van der Waals surface area contributed by atoms with Crippen LogP contribution in [0.25, 0.3) is 11.3 Å². The average Bonchev–Trinajstić information content (AvgIpc) is 3.54. The highest BCUT2D eigenvalue weighted by Gasteiger charge is 2.26. The number of benzene rings is 1. The van der Waals surface area contributed by atoms with Gasteiger partial charge >= 0.3 is 6.03 Å². The first-order valence-electron chi connectivity index (χ1n) is 10.9. The molecule has 3 N–H and O–H groups in total. The number of carbonyl (C=O) groups is 2. The van der Waals surface area contributed by atoms with Gasteiger partial charge in [0.1, 0.15) is 5.75 Å². The minimum Gasteiger partial charge on any atom is -0.507 e. The van der Waals surface area contributed by atoms with Crippen LogP contribution in [0.15, 0.2) is 41.1 Å². The number of phenolic OH excluding ortho intramolecular Hbond substituents is 1. The quantitative estimate of drug-likeness (QED) is 0.521. The van der Waals surface area contributed by atoms with Gasteiger partial charge in [0.2, 0.25) is 5.76 Å². The lowest BCUT2D eigenvalue weighted by atomic mass is 10.0. The van der Waals surface area contributed by atoms with E-state index in [-0.39, 0.29) is 29.5 Å². The van der Waals surface area contributed by atoms with E-state index >= 15 is 0 Å². The van der Waals surface area contributed by atoms with Crippen LogP contribution in [0.5, 0.6) is 5.75 Å². The number of aromatic hydroxyl groups is 1. The lowest BCUT2D eigenvalue weighted by Crippen LogP contribution is -2.37. The van der Waals surface area contributed by atoms with Gasteiger partial charge < -0.3 is 20.3 Å². The molecule has 0 radical (unpaired) electrons. The van der Waals surface area contributed by atoms with Crippen LogP contribution in [-0.4, -0.2) is 38.0 Å². The third-order valence-electron chi connectivity index (χ3n) is 5.88. The Morgan fingerprint density at radius 1 is 1.25 bits per heavy atom. The van der Waals surface area contributed by atoms with E-state index < -0.39 is 5.91 Å². The van der Waals surface area contributed by atoms with Crippen LogP contribution in [0, 0.1) is 0 Å². The number of nitrogens with zero attached hydrogens (tertiary/aromatic N) is 3. The van der Waals surface area contributed by atoms with Crippen molar-refractivity contribution in [2.45, 2.75) is 57.9 Å². The van der Waals surface area contributed by atoms with Gasteiger partial charge in [-0.25, -0.2) is 4.79 Å². The molecule has 9 nitrogen and oxygen atoms in total. The van der Waals surface area contributed by atoms with Crippen LogP contribution in [-0.2, 0) is 0 Å². The van der Waals surface area contributed by atoms with Crippen LogP contribution in [0.3, 0.4) is 0 Å². The number of rotatable bonds is 6. The second kappa shape index (κ2) is 9.25. The van der Waals surface area contributed by atoms with E-state index in [4.69, 9.17) is 4.52 Å². The molecule has 2 aromatic heterocycles. The summed E-state index contributed by atoms with van der Waals surface area (Å²) < 4.78 is 6.28. The van der Waals surface area contributed by atoms with Crippen molar-refractivity contribution in [2.24, 2.45) is 0 Å². The Morgan fingerprint density at radius 3 is 2.69 bits per heavy atom. The minimum absolute atomic E-state index is 0.0345. The lowest BCUT2D eigenvalue weighted by molar-refractivity contribution is 0.0988. The van der Waals surface area contributed by atoms with Crippen molar-refractivity contribution in [3.05, 3.63) is 48.0 Å². The molecule has 0 bridgehead atoms. The van der Waals surface area contributed by atoms with Crippen molar-refractivity contribution in [3.8, 4) is 17.0 Å². The molecule has 1 aliphatic carbocycles. The molecule has 1 aromatic carbocycles. The van der Waals surface area contributed by atoms with E-state index in [0.29, 0.717) is 16.9 Å². The van der Waals surface area contributed by atoms with Crippen LogP contribution in [0.1, 0.15) is 68.1 Å². The maximum Gasteiger partial charge on any atom is 0.342 e. The summed E-state index contributed by atoms with van der Waals surface area (Å²) in [5.74, 6) is -0.183. The normalized spacial score (nSPS) is 14.9. The minimum atomic E-state index is -0.468. The van der Waals surface area contributed by atoms with E-state index in [1.165, 1.54) is 23.0 Å². The summed E-state index contributed by atoms with van der Waals surface area (Å²) in [6.45, 7) is 3.97. The molecule has 2 amide bonds. The molecule has 1 unspecified atom stereocenters. The van der Waals surface area contributed by atoms with Crippen molar-refractivity contribution in [1.82, 2.24) is 20.3 Å². The summed E-state index contributed by atoms with van der Waals surface area (Å²) in [4.78, 5) is 25.0. The van der Waals surface area contributed by atoms with Gasteiger partial charge in [-0.3, -0.25) is 4.79 Å². The van der Waals surface area contributed by atoms with Crippen molar-refractivity contribution >= 4 is 17.6 Å². The SMILES string of the molecule is CCC(C)NC(=O)n1nc(-c2ccc(NC(=O)c3ccno3)cc2O)cc1C1CCCC1. The van der Waals surface area contributed by atoms with Crippen LogP contribution in [0.2, 0.25) is 0 Å². The smallest absolute Gasteiger partial charge is 0.342 e. The number of carbonyl (C=O) groups excluding carboxylic acids is 2. The number of amides is 2. The summed E-state index contributed by atoms with van der Waals surface area (Å²) in [5.41, 5.74) is 2.26. The molecule has 168 valence electrons. The first-order valence-corrected chi connectivity index (χ1v) is 10.9. The Morgan fingerprint density at radius 2 is 2.03 bits per heavy atom. The summed E-state index contributed by atoms with van der Waals surface area (Å²) in [6.07, 6.45) is 6.48. The van der Waals surface area contributed by atoms with Crippen LogP contribution < -0.4 is 10.6 Å². The molecule has 9 heteroatoms. The molecular formula is C23H27N5O4. The van der Waals surface area contributed by atoms with Crippen molar-refractivity contribution in [1.29, 1.82) is 0 Å². The molecule has 3 aromatic rings. The number of hydrogen-bond donors (Lipinski definition) is 3. The zero-order valence-electron chi connectivity index (χ0n) is 18.2. The third-order valence-corrected chi connectivity index (χ3v) is 5.88. The van der Waals surface area contributed by atoms with Crippen molar-refractivity contribution < 1.29 is 19.2 Å². The van der Waals surface area contributed by atoms with E-state index in [1.54, 1.807) is 12.1 Å². The number of hydrogen-bond acceptors (Lipinski definition) is 6. The number of anilines is 1. The molecule has 0 aliphatic heterocycles. The highest BCUT2D eigenvalue weighted by molar-refractivity contribution is 6.02. The lowest BCUT2D eigenvalue weighted by Gasteiger charge is -2.15. The van der Waals surface area contributed by atoms with Crippen molar-refractivity contribution in [3.63, 3.8) is 0 Å². The van der Waals surface area contributed by atoms with E-state index in [9.17, 15) is 14.7 Å². The molecule has 1 aliphatic rings. The summed E-state index contributed by atoms with van der Waals surface area (Å²) >= 11 is 0.